The van der Waals surface area contributed by atoms with E-state index in [1.165, 1.54) is 96.3 Å². The fraction of sp³-hybridized carbons (Fsp3) is 1.00. The van der Waals surface area contributed by atoms with Crippen LogP contribution in [0.25, 0.3) is 0 Å². The minimum atomic E-state index is -1.14. The molecule has 0 atom stereocenters. The van der Waals surface area contributed by atoms with Gasteiger partial charge >= 0.3 is 7.12 Å². The summed E-state index contributed by atoms with van der Waals surface area (Å²) < 4.78 is 0. The monoisotopic (exact) mass is 330 g/mol. The van der Waals surface area contributed by atoms with E-state index in [9.17, 15) is 0 Å². The Bertz CT molecular complexity index is 204. The van der Waals surface area contributed by atoms with E-state index < -0.39 is 7.12 Å². The second kappa shape index (κ2) is 19.4. The highest BCUT2D eigenvalue weighted by Gasteiger charge is 2.04. The molecule has 0 aromatic carbocycles. The van der Waals surface area contributed by atoms with Crippen LogP contribution in [0.15, 0.2) is 0 Å². The molecular formula is C18H39BO2S. The van der Waals surface area contributed by atoms with Gasteiger partial charge < -0.3 is 10.0 Å². The van der Waals surface area contributed by atoms with Crippen LogP contribution in [-0.2, 0) is 0 Å². The Hall–Kier alpha value is 0.335. The van der Waals surface area contributed by atoms with E-state index in [4.69, 9.17) is 10.0 Å². The summed E-state index contributed by atoms with van der Waals surface area (Å²) in [6, 6.07) is 0. The van der Waals surface area contributed by atoms with Gasteiger partial charge in [0, 0.05) is 5.65 Å². The Labute approximate surface area is 144 Å². The highest BCUT2D eigenvalue weighted by molar-refractivity contribution is 8.00. The first-order valence-electron chi connectivity index (χ1n) is 9.71. The molecule has 0 aliphatic heterocycles. The van der Waals surface area contributed by atoms with E-state index >= 15 is 0 Å². The minimum absolute atomic E-state index is 0.457. The highest BCUT2D eigenvalue weighted by atomic mass is 32.2. The molecule has 132 valence electrons. The second-order valence-electron chi connectivity index (χ2n) is 6.51. The van der Waals surface area contributed by atoms with Crippen LogP contribution in [0.4, 0.5) is 0 Å². The highest BCUT2D eigenvalue weighted by Crippen LogP contribution is 2.14. The van der Waals surface area contributed by atoms with Gasteiger partial charge in [0.1, 0.15) is 0 Å². The minimum Gasteiger partial charge on any atom is -0.427 e. The standard InChI is InChI=1S/C18H39BO2S/c1-2-3-4-5-6-7-8-9-10-11-12-13-14-15-16-17-22-18-19(20)21/h20-21H,2-18H2,1H3. The van der Waals surface area contributed by atoms with Crippen molar-refractivity contribution in [3.05, 3.63) is 0 Å². The van der Waals surface area contributed by atoms with Crippen LogP contribution in [0.3, 0.4) is 0 Å². The summed E-state index contributed by atoms with van der Waals surface area (Å²) >= 11 is 1.65. The number of rotatable bonds is 18. The van der Waals surface area contributed by atoms with Gasteiger partial charge in [0.05, 0.1) is 0 Å². The van der Waals surface area contributed by atoms with Crippen LogP contribution in [0, 0.1) is 0 Å². The molecule has 0 radical (unpaired) electrons. The molecule has 0 aliphatic rings. The summed E-state index contributed by atoms with van der Waals surface area (Å²) in [5.41, 5.74) is 0.457. The molecule has 0 heterocycles. The van der Waals surface area contributed by atoms with Crippen molar-refractivity contribution in [3.8, 4) is 0 Å². The lowest BCUT2D eigenvalue weighted by atomic mass is 9.98. The predicted octanol–water partition coefficient (Wildman–Crippen LogP) is 5.60. The molecule has 4 heteroatoms. The summed E-state index contributed by atoms with van der Waals surface area (Å²) in [6.07, 6.45) is 20.9. The quantitative estimate of drug-likeness (QED) is 0.254. The third-order valence-corrected chi connectivity index (χ3v) is 5.27. The fourth-order valence-electron chi connectivity index (χ4n) is 2.76. The molecule has 0 rings (SSSR count). The van der Waals surface area contributed by atoms with Crippen LogP contribution in [0.5, 0.6) is 0 Å². The van der Waals surface area contributed by atoms with E-state index in [0.29, 0.717) is 5.65 Å². The third-order valence-electron chi connectivity index (χ3n) is 4.16. The van der Waals surface area contributed by atoms with E-state index in [1.807, 2.05) is 0 Å². The topological polar surface area (TPSA) is 40.5 Å². The van der Waals surface area contributed by atoms with Crippen LogP contribution in [0.1, 0.15) is 103 Å². The second-order valence-corrected chi connectivity index (χ2v) is 7.66. The van der Waals surface area contributed by atoms with Gasteiger partial charge in [-0.25, -0.2) is 0 Å². The molecule has 0 saturated heterocycles. The number of unbranched alkanes of at least 4 members (excludes halogenated alkanes) is 14. The smallest absolute Gasteiger partial charge is 0.427 e. The maximum Gasteiger partial charge on any atom is 0.461 e. The molecule has 0 saturated carbocycles. The van der Waals surface area contributed by atoms with Crippen molar-refractivity contribution in [2.45, 2.75) is 103 Å². The number of hydrogen-bond donors (Lipinski definition) is 2. The van der Waals surface area contributed by atoms with Crippen molar-refractivity contribution in [2.75, 3.05) is 11.4 Å². The Morgan fingerprint density at radius 1 is 0.591 bits per heavy atom. The molecule has 0 aliphatic carbocycles. The zero-order chi connectivity index (χ0) is 16.3. The van der Waals surface area contributed by atoms with Crippen molar-refractivity contribution < 1.29 is 10.0 Å². The molecular weight excluding hydrogens is 291 g/mol. The average Bonchev–Trinajstić information content (AvgIpc) is 2.50. The first kappa shape index (κ1) is 22.3. The third kappa shape index (κ3) is 20.3. The van der Waals surface area contributed by atoms with Crippen molar-refractivity contribution in [1.29, 1.82) is 0 Å². The van der Waals surface area contributed by atoms with E-state index in [1.54, 1.807) is 11.8 Å². The number of thioether (sulfide) groups is 1. The van der Waals surface area contributed by atoms with Crippen molar-refractivity contribution in [3.63, 3.8) is 0 Å². The van der Waals surface area contributed by atoms with Crippen molar-refractivity contribution in [2.24, 2.45) is 0 Å². The lowest BCUT2D eigenvalue weighted by Crippen LogP contribution is -2.14. The molecule has 0 aromatic heterocycles. The summed E-state index contributed by atoms with van der Waals surface area (Å²) in [5, 5.41) is 17.4. The molecule has 0 unspecified atom stereocenters. The van der Waals surface area contributed by atoms with Gasteiger partial charge in [0.2, 0.25) is 0 Å². The van der Waals surface area contributed by atoms with Crippen molar-refractivity contribution >= 4 is 18.9 Å². The predicted molar refractivity (Wildman–Crippen MR) is 102 cm³/mol. The Balaban J connectivity index is 2.94. The fourth-order valence-corrected chi connectivity index (χ4v) is 3.55. The molecule has 2 nitrogen and oxygen atoms in total. The van der Waals surface area contributed by atoms with E-state index in [2.05, 4.69) is 6.92 Å². The maximum atomic E-state index is 8.71. The summed E-state index contributed by atoms with van der Waals surface area (Å²) in [5.74, 6) is 1.07. The van der Waals surface area contributed by atoms with Gasteiger partial charge in [-0.15, -0.1) is 0 Å². The first-order chi connectivity index (χ1) is 10.8. The first-order valence-corrected chi connectivity index (χ1v) is 10.9. The van der Waals surface area contributed by atoms with Gasteiger partial charge in [-0.2, -0.15) is 11.8 Å². The lowest BCUT2D eigenvalue weighted by Gasteiger charge is -2.03. The van der Waals surface area contributed by atoms with Crippen molar-refractivity contribution in [1.82, 2.24) is 0 Å². The Morgan fingerprint density at radius 2 is 0.955 bits per heavy atom. The molecule has 0 amide bonds. The molecule has 0 fully saturated rings. The maximum absolute atomic E-state index is 8.71. The lowest BCUT2D eigenvalue weighted by molar-refractivity contribution is 0.415. The van der Waals surface area contributed by atoms with Gasteiger partial charge in [0.25, 0.3) is 0 Å². The van der Waals surface area contributed by atoms with Crippen LogP contribution < -0.4 is 0 Å². The summed E-state index contributed by atoms with van der Waals surface area (Å²) in [7, 11) is -1.14. The zero-order valence-electron chi connectivity index (χ0n) is 14.9. The van der Waals surface area contributed by atoms with E-state index in [0.717, 1.165) is 5.75 Å². The van der Waals surface area contributed by atoms with Crippen LogP contribution in [0.2, 0.25) is 0 Å². The van der Waals surface area contributed by atoms with Gasteiger partial charge in [-0.3, -0.25) is 0 Å². The molecule has 22 heavy (non-hydrogen) atoms. The van der Waals surface area contributed by atoms with Gasteiger partial charge in [-0.1, -0.05) is 96.8 Å². The van der Waals surface area contributed by atoms with Gasteiger partial charge in [-0.05, 0) is 12.2 Å². The Morgan fingerprint density at radius 3 is 1.32 bits per heavy atom. The molecule has 2 N–H and O–H groups in total. The SMILES string of the molecule is CCCCCCCCCCCCCCCCCSCB(O)O. The summed E-state index contributed by atoms with van der Waals surface area (Å²) in [6.45, 7) is 2.28. The molecule has 0 spiro atoms. The Kier molecular flexibility index (Phi) is 19.7. The zero-order valence-corrected chi connectivity index (χ0v) is 15.7. The number of hydrogen-bond acceptors (Lipinski definition) is 3. The van der Waals surface area contributed by atoms with Crippen LogP contribution >= 0.6 is 11.8 Å². The van der Waals surface area contributed by atoms with Crippen LogP contribution in [-0.4, -0.2) is 28.6 Å². The van der Waals surface area contributed by atoms with Gasteiger partial charge in [0.15, 0.2) is 0 Å². The largest absolute Gasteiger partial charge is 0.461 e. The average molecular weight is 330 g/mol. The summed E-state index contributed by atoms with van der Waals surface area (Å²) in [4.78, 5) is 0. The van der Waals surface area contributed by atoms with E-state index in [-0.39, 0.29) is 0 Å². The normalized spacial score (nSPS) is 11.0. The molecule has 0 bridgehead atoms. The molecule has 0 aromatic rings.